The van der Waals surface area contributed by atoms with E-state index in [-0.39, 0.29) is 11.6 Å². The molecule has 0 radical (unpaired) electrons. The number of methoxy groups -OCH3 is 1. The molecule has 0 fully saturated rings. The van der Waals surface area contributed by atoms with E-state index in [2.05, 4.69) is 12.0 Å². The molecule has 0 spiro atoms. The molecule has 2 N–H and O–H groups in total. The lowest BCUT2D eigenvalue weighted by Crippen LogP contribution is -2.29. The Hall–Kier alpha value is -2.14. The third-order valence-electron chi connectivity index (χ3n) is 3.60. The third-order valence-corrected chi connectivity index (χ3v) is 3.60. The van der Waals surface area contributed by atoms with Gasteiger partial charge in [0.05, 0.1) is 12.8 Å². The van der Waals surface area contributed by atoms with Crippen LogP contribution in [0.3, 0.4) is 0 Å². The molecule has 2 rings (SSSR count). The van der Waals surface area contributed by atoms with Gasteiger partial charge in [0.1, 0.15) is 5.75 Å². The molecule has 2 aromatic rings. The highest BCUT2D eigenvalue weighted by Gasteiger charge is 2.13. The molecule has 0 aliphatic carbocycles. The fraction of sp³-hybridized carbons (Fsp3) is 0.412. The van der Waals surface area contributed by atoms with Gasteiger partial charge in [0.15, 0.2) is 0 Å². The van der Waals surface area contributed by atoms with Crippen molar-refractivity contribution in [1.82, 2.24) is 9.78 Å². The first-order valence-corrected chi connectivity index (χ1v) is 7.59. The molecule has 1 heterocycles. The van der Waals surface area contributed by atoms with Gasteiger partial charge in [-0.05, 0) is 43.7 Å². The van der Waals surface area contributed by atoms with E-state index in [9.17, 15) is 4.79 Å². The minimum Gasteiger partial charge on any atom is -0.497 e. The van der Waals surface area contributed by atoms with Crippen molar-refractivity contribution in [3.8, 4) is 17.0 Å². The van der Waals surface area contributed by atoms with Crippen molar-refractivity contribution >= 4 is 0 Å². The van der Waals surface area contributed by atoms with Crippen molar-refractivity contribution in [2.45, 2.75) is 39.3 Å². The molecule has 0 amide bonds. The summed E-state index contributed by atoms with van der Waals surface area (Å²) in [5.41, 5.74) is 8.13. The van der Waals surface area contributed by atoms with Crippen LogP contribution in [0, 0.1) is 0 Å². The second-order valence-corrected chi connectivity index (χ2v) is 5.38. The van der Waals surface area contributed by atoms with Crippen LogP contribution >= 0.6 is 0 Å². The number of nitrogens with two attached hydrogens (primary N) is 1. The van der Waals surface area contributed by atoms with Gasteiger partial charge in [-0.2, -0.15) is 5.10 Å². The highest BCUT2D eigenvalue weighted by Crippen LogP contribution is 2.21. The van der Waals surface area contributed by atoms with Crippen LogP contribution in [0.1, 0.15) is 38.3 Å². The first kappa shape index (κ1) is 16.2. The number of unbranched alkanes of at least 4 members (excludes halogenated alkanes) is 1. The zero-order valence-electron chi connectivity index (χ0n) is 13.4. The molecule has 1 aromatic carbocycles. The van der Waals surface area contributed by atoms with Crippen LogP contribution in [0.25, 0.3) is 11.3 Å². The zero-order chi connectivity index (χ0) is 16.1. The van der Waals surface area contributed by atoms with Gasteiger partial charge in [-0.25, -0.2) is 4.68 Å². The molecule has 0 aliphatic heterocycles. The Kier molecular flexibility index (Phi) is 5.33. The summed E-state index contributed by atoms with van der Waals surface area (Å²) in [5.74, 6) is 0.787. The number of nitrogens with zero attached hydrogens (tertiary/aromatic N) is 2. The average molecular weight is 301 g/mol. The second kappa shape index (κ2) is 7.22. The normalized spacial score (nSPS) is 12.2. The van der Waals surface area contributed by atoms with Crippen molar-refractivity contribution in [3.63, 3.8) is 0 Å². The smallest absolute Gasteiger partial charge is 0.271 e. The van der Waals surface area contributed by atoms with Crippen LogP contribution in [-0.2, 0) is 6.54 Å². The quantitative estimate of drug-likeness (QED) is 0.890. The molecule has 0 saturated carbocycles. The highest BCUT2D eigenvalue weighted by molar-refractivity contribution is 5.60. The summed E-state index contributed by atoms with van der Waals surface area (Å²) in [7, 11) is 1.63. The van der Waals surface area contributed by atoms with Crippen molar-refractivity contribution in [2.75, 3.05) is 7.11 Å². The molecule has 118 valence electrons. The van der Waals surface area contributed by atoms with Crippen LogP contribution in [-0.4, -0.2) is 16.9 Å². The maximum Gasteiger partial charge on any atom is 0.271 e. The van der Waals surface area contributed by atoms with Crippen LogP contribution in [0.15, 0.2) is 35.1 Å². The first-order chi connectivity index (χ1) is 10.6. The maximum absolute atomic E-state index is 12.4. The Labute approximate surface area is 130 Å². The molecule has 1 unspecified atom stereocenters. The minimum absolute atomic E-state index is 0.0966. The van der Waals surface area contributed by atoms with E-state index in [0.717, 1.165) is 29.8 Å². The Morgan fingerprint density at radius 1 is 1.32 bits per heavy atom. The predicted octanol–water partition coefficient (Wildman–Crippen LogP) is 2.74. The number of benzene rings is 1. The summed E-state index contributed by atoms with van der Waals surface area (Å²) in [6.07, 6.45) is 1.92. The predicted molar refractivity (Wildman–Crippen MR) is 88.0 cm³/mol. The largest absolute Gasteiger partial charge is 0.497 e. The number of rotatable bonds is 6. The molecular weight excluding hydrogens is 278 g/mol. The summed E-state index contributed by atoms with van der Waals surface area (Å²) in [4.78, 5) is 12.4. The molecular formula is C17H23N3O2. The van der Waals surface area contributed by atoms with Crippen LogP contribution in [0.4, 0.5) is 0 Å². The fourth-order valence-corrected chi connectivity index (χ4v) is 2.25. The number of hydrogen-bond donors (Lipinski definition) is 1. The number of ether oxygens (including phenoxy) is 1. The van der Waals surface area contributed by atoms with Gasteiger partial charge in [0.25, 0.3) is 5.56 Å². The molecule has 1 aromatic heterocycles. The van der Waals surface area contributed by atoms with Crippen molar-refractivity contribution in [2.24, 2.45) is 5.73 Å². The van der Waals surface area contributed by atoms with E-state index in [1.54, 1.807) is 13.2 Å². The minimum atomic E-state index is -0.319. The van der Waals surface area contributed by atoms with Crippen LogP contribution in [0.5, 0.6) is 5.75 Å². The summed E-state index contributed by atoms with van der Waals surface area (Å²) in [6.45, 7) is 4.52. The lowest BCUT2D eigenvalue weighted by atomic mass is 10.1. The molecule has 5 nitrogen and oxygen atoms in total. The summed E-state index contributed by atoms with van der Waals surface area (Å²) in [6, 6.07) is 9.09. The summed E-state index contributed by atoms with van der Waals surface area (Å²) in [5, 5.41) is 4.49. The topological polar surface area (TPSA) is 70.1 Å². The number of hydrogen-bond acceptors (Lipinski definition) is 4. The SMILES string of the molecule is CCCCn1nc(-c2ccc(OC)cc2)cc(C(C)N)c1=O. The number of aryl methyl sites for hydroxylation is 1. The molecule has 0 aliphatic rings. The van der Waals surface area contributed by atoms with Gasteiger partial charge in [-0.1, -0.05) is 13.3 Å². The van der Waals surface area contributed by atoms with Crippen molar-refractivity contribution in [3.05, 3.63) is 46.2 Å². The molecule has 0 bridgehead atoms. The monoisotopic (exact) mass is 301 g/mol. The van der Waals surface area contributed by atoms with Crippen LogP contribution in [0.2, 0.25) is 0 Å². The molecule has 5 heteroatoms. The molecule has 22 heavy (non-hydrogen) atoms. The number of aromatic nitrogens is 2. The van der Waals surface area contributed by atoms with Gasteiger partial charge >= 0.3 is 0 Å². The van der Waals surface area contributed by atoms with Gasteiger partial charge in [-0.3, -0.25) is 4.79 Å². The zero-order valence-corrected chi connectivity index (χ0v) is 13.4. The van der Waals surface area contributed by atoms with Gasteiger partial charge < -0.3 is 10.5 Å². The van der Waals surface area contributed by atoms with E-state index >= 15 is 0 Å². The molecule has 0 saturated heterocycles. The lowest BCUT2D eigenvalue weighted by Gasteiger charge is -2.12. The van der Waals surface area contributed by atoms with Gasteiger partial charge in [0, 0.05) is 23.7 Å². The second-order valence-electron chi connectivity index (χ2n) is 5.38. The lowest BCUT2D eigenvalue weighted by molar-refractivity contribution is 0.415. The summed E-state index contributed by atoms with van der Waals surface area (Å²) < 4.78 is 6.70. The first-order valence-electron chi connectivity index (χ1n) is 7.59. The molecule has 1 atom stereocenters. The maximum atomic E-state index is 12.4. The van der Waals surface area contributed by atoms with Crippen molar-refractivity contribution in [1.29, 1.82) is 0 Å². The van der Waals surface area contributed by atoms with Crippen molar-refractivity contribution < 1.29 is 4.74 Å². The van der Waals surface area contributed by atoms with E-state index in [0.29, 0.717) is 12.1 Å². The Morgan fingerprint density at radius 2 is 2.00 bits per heavy atom. The van der Waals surface area contributed by atoms with E-state index in [1.807, 2.05) is 31.2 Å². The average Bonchev–Trinajstić information content (AvgIpc) is 2.53. The van der Waals surface area contributed by atoms with E-state index < -0.39 is 0 Å². The van der Waals surface area contributed by atoms with E-state index in [4.69, 9.17) is 10.5 Å². The van der Waals surface area contributed by atoms with E-state index in [1.165, 1.54) is 4.68 Å². The van der Waals surface area contributed by atoms with Gasteiger partial charge in [0.2, 0.25) is 0 Å². The summed E-state index contributed by atoms with van der Waals surface area (Å²) >= 11 is 0. The Bertz CT molecular complexity index is 675. The fourth-order valence-electron chi connectivity index (χ4n) is 2.25. The van der Waals surface area contributed by atoms with Gasteiger partial charge in [-0.15, -0.1) is 0 Å². The Balaban J connectivity index is 2.49. The third kappa shape index (κ3) is 3.54. The Morgan fingerprint density at radius 3 is 2.55 bits per heavy atom. The van der Waals surface area contributed by atoms with Crippen LogP contribution < -0.4 is 16.0 Å². The highest BCUT2D eigenvalue weighted by atomic mass is 16.5. The standard InChI is InChI=1S/C17H23N3O2/c1-4-5-10-20-17(21)15(12(2)18)11-16(19-20)13-6-8-14(22-3)9-7-13/h6-9,11-12H,4-5,10,18H2,1-3H3.